The van der Waals surface area contributed by atoms with Crippen LogP contribution in [0.25, 0.3) is 11.1 Å². The molecule has 36 heavy (non-hydrogen) atoms. The van der Waals surface area contributed by atoms with Gasteiger partial charge in [0.1, 0.15) is 0 Å². The highest BCUT2D eigenvalue weighted by Gasteiger charge is 2.52. The Morgan fingerprint density at radius 3 is 2.14 bits per heavy atom. The molecule has 188 valence electrons. The van der Waals surface area contributed by atoms with Crippen molar-refractivity contribution in [2.75, 3.05) is 0 Å². The minimum Gasteiger partial charge on any atom is -0.399 e. The fraction of sp³-hybridized carbons (Fsp3) is 0.455. The highest BCUT2D eigenvalue weighted by atomic mass is 16.7. The molecule has 1 fully saturated rings. The molecule has 1 aliphatic heterocycles. The van der Waals surface area contributed by atoms with Crippen molar-refractivity contribution in [1.29, 1.82) is 0 Å². The molecule has 3 heteroatoms. The Hall–Kier alpha value is -2.36. The molecular formula is C33H41BO2. The Bertz CT molecular complexity index is 1260. The van der Waals surface area contributed by atoms with Crippen LogP contribution in [0.15, 0.2) is 60.7 Å². The summed E-state index contributed by atoms with van der Waals surface area (Å²) in [5.74, 6) is 0. The quantitative estimate of drug-likeness (QED) is 0.254. The number of benzene rings is 3. The van der Waals surface area contributed by atoms with E-state index >= 15 is 0 Å². The summed E-state index contributed by atoms with van der Waals surface area (Å²) in [4.78, 5) is 0. The molecule has 0 N–H and O–H groups in total. The van der Waals surface area contributed by atoms with Crippen molar-refractivity contribution in [1.82, 2.24) is 0 Å². The fourth-order valence-electron chi connectivity index (χ4n) is 6.00. The summed E-state index contributed by atoms with van der Waals surface area (Å²) in [6.07, 6.45) is 6.30. The normalized spacial score (nSPS) is 21.5. The van der Waals surface area contributed by atoms with Gasteiger partial charge in [0.25, 0.3) is 0 Å². The molecular weight excluding hydrogens is 439 g/mol. The second-order valence-electron chi connectivity index (χ2n) is 12.1. The second kappa shape index (κ2) is 9.19. The molecule has 0 spiro atoms. The zero-order valence-corrected chi connectivity index (χ0v) is 23.2. The molecule has 3 aromatic rings. The van der Waals surface area contributed by atoms with E-state index in [9.17, 15) is 0 Å². The lowest BCUT2D eigenvalue weighted by molar-refractivity contribution is 0.00578. The zero-order valence-electron chi connectivity index (χ0n) is 23.2. The van der Waals surface area contributed by atoms with Gasteiger partial charge in [0.05, 0.1) is 11.2 Å². The highest BCUT2D eigenvalue weighted by molar-refractivity contribution is 6.62. The molecule has 0 bridgehead atoms. The average molecular weight is 481 g/mol. The fourth-order valence-corrected chi connectivity index (χ4v) is 6.00. The van der Waals surface area contributed by atoms with Crippen molar-refractivity contribution in [3.05, 3.63) is 88.5 Å². The third-order valence-electron chi connectivity index (χ3n) is 8.90. The van der Waals surface area contributed by atoms with Crippen LogP contribution in [0, 0.1) is 6.92 Å². The molecule has 2 aliphatic rings. The van der Waals surface area contributed by atoms with E-state index in [2.05, 4.69) is 109 Å². The third-order valence-corrected chi connectivity index (χ3v) is 8.90. The summed E-state index contributed by atoms with van der Waals surface area (Å²) in [5.41, 5.74) is 9.72. The van der Waals surface area contributed by atoms with Crippen LogP contribution >= 0.6 is 0 Å². The van der Waals surface area contributed by atoms with Gasteiger partial charge < -0.3 is 9.31 Å². The van der Waals surface area contributed by atoms with E-state index in [1.54, 1.807) is 0 Å². The van der Waals surface area contributed by atoms with Crippen molar-refractivity contribution < 1.29 is 9.31 Å². The summed E-state index contributed by atoms with van der Waals surface area (Å²) >= 11 is 0. The van der Waals surface area contributed by atoms with Gasteiger partial charge in [0.2, 0.25) is 0 Å². The number of rotatable bonds is 7. The topological polar surface area (TPSA) is 18.5 Å². The van der Waals surface area contributed by atoms with Crippen LogP contribution in [0.1, 0.15) is 95.0 Å². The molecule has 5 rings (SSSR count). The maximum Gasteiger partial charge on any atom is 0.494 e. The van der Waals surface area contributed by atoms with Crippen LogP contribution in [-0.2, 0) is 21.1 Å². The molecule has 1 atom stereocenters. The van der Waals surface area contributed by atoms with Gasteiger partial charge in [-0.3, -0.25) is 0 Å². The summed E-state index contributed by atoms with van der Waals surface area (Å²) in [7, 11) is -0.361. The second-order valence-corrected chi connectivity index (χ2v) is 12.1. The van der Waals surface area contributed by atoms with Crippen molar-refractivity contribution >= 4 is 12.6 Å². The summed E-state index contributed by atoms with van der Waals surface area (Å²) in [6.45, 7) is 15.4. The van der Waals surface area contributed by atoms with Gasteiger partial charge in [-0.15, -0.1) is 0 Å². The molecule has 1 unspecified atom stereocenters. The van der Waals surface area contributed by atoms with Crippen LogP contribution in [-0.4, -0.2) is 18.3 Å². The van der Waals surface area contributed by atoms with Crippen molar-refractivity contribution in [2.24, 2.45) is 0 Å². The lowest BCUT2D eigenvalue weighted by Crippen LogP contribution is -2.41. The Labute approximate surface area is 218 Å². The first-order valence-electron chi connectivity index (χ1n) is 13.8. The van der Waals surface area contributed by atoms with Crippen LogP contribution in [0.3, 0.4) is 0 Å². The standard InChI is InChI=1S/C33H41BO2/c1-8-9-10-11-14-24-19-23(2)20-25(21-24)33(7)29-16-13-12-15-27(29)28-18-17-26(22-30(28)33)34-35-31(3,4)32(5,6)36-34/h12-13,15-22H,8-11,14H2,1-7H3. The number of unbranched alkanes of at least 4 members (excludes halogenated alkanes) is 3. The van der Waals surface area contributed by atoms with E-state index in [-0.39, 0.29) is 23.7 Å². The predicted octanol–water partition coefficient (Wildman–Crippen LogP) is 7.75. The summed E-state index contributed by atoms with van der Waals surface area (Å²) < 4.78 is 12.9. The van der Waals surface area contributed by atoms with E-state index in [1.165, 1.54) is 64.6 Å². The maximum absolute atomic E-state index is 6.44. The van der Waals surface area contributed by atoms with Gasteiger partial charge in [-0.2, -0.15) is 0 Å². The van der Waals surface area contributed by atoms with Gasteiger partial charge in [0.15, 0.2) is 0 Å². The molecule has 3 aromatic carbocycles. The van der Waals surface area contributed by atoms with Crippen LogP contribution in [0.5, 0.6) is 0 Å². The van der Waals surface area contributed by atoms with E-state index in [0.717, 1.165) is 11.9 Å². The van der Waals surface area contributed by atoms with Gasteiger partial charge in [-0.25, -0.2) is 0 Å². The van der Waals surface area contributed by atoms with E-state index in [1.807, 2.05) is 0 Å². The van der Waals surface area contributed by atoms with Gasteiger partial charge >= 0.3 is 7.12 Å². The largest absolute Gasteiger partial charge is 0.494 e. The minimum atomic E-state index is -0.361. The Balaban J connectivity index is 1.59. The first-order chi connectivity index (χ1) is 17.1. The first-order valence-corrected chi connectivity index (χ1v) is 13.8. The lowest BCUT2D eigenvalue weighted by Gasteiger charge is -2.32. The molecule has 1 saturated heterocycles. The molecule has 1 heterocycles. The number of fused-ring (bicyclic) bond motifs is 3. The van der Waals surface area contributed by atoms with Crippen LogP contribution in [0.2, 0.25) is 0 Å². The number of hydrogen-bond acceptors (Lipinski definition) is 2. The number of hydrogen-bond donors (Lipinski definition) is 0. The van der Waals surface area contributed by atoms with E-state index in [0.29, 0.717) is 0 Å². The Morgan fingerprint density at radius 1 is 0.722 bits per heavy atom. The van der Waals surface area contributed by atoms with E-state index < -0.39 is 0 Å². The Kier molecular flexibility index (Phi) is 6.46. The molecule has 0 radical (unpaired) electrons. The van der Waals surface area contributed by atoms with Crippen LogP contribution in [0.4, 0.5) is 0 Å². The van der Waals surface area contributed by atoms with Gasteiger partial charge in [0, 0.05) is 5.41 Å². The zero-order chi connectivity index (χ0) is 25.7. The van der Waals surface area contributed by atoms with Crippen molar-refractivity contribution in [2.45, 2.75) is 97.2 Å². The molecule has 1 aliphatic carbocycles. The molecule has 0 amide bonds. The average Bonchev–Trinajstić information content (AvgIpc) is 3.23. The molecule has 0 saturated carbocycles. The molecule has 2 nitrogen and oxygen atoms in total. The first kappa shape index (κ1) is 25.3. The third kappa shape index (κ3) is 4.15. The SMILES string of the molecule is CCCCCCc1cc(C)cc(C2(C)c3ccccc3-c3ccc(B4OC(C)(C)C(C)(C)O4)cc32)c1. The maximum atomic E-state index is 6.44. The van der Waals surface area contributed by atoms with Crippen LogP contribution < -0.4 is 5.46 Å². The minimum absolute atomic E-state index is 0.226. The summed E-state index contributed by atoms with van der Waals surface area (Å²) in [6, 6.07) is 23.0. The predicted molar refractivity (Wildman–Crippen MR) is 152 cm³/mol. The number of aryl methyl sites for hydroxylation is 2. The van der Waals surface area contributed by atoms with Crippen molar-refractivity contribution in [3.63, 3.8) is 0 Å². The Morgan fingerprint density at radius 2 is 1.42 bits per heavy atom. The smallest absolute Gasteiger partial charge is 0.399 e. The van der Waals surface area contributed by atoms with Crippen molar-refractivity contribution in [3.8, 4) is 11.1 Å². The highest BCUT2D eigenvalue weighted by Crippen LogP contribution is 2.52. The summed E-state index contributed by atoms with van der Waals surface area (Å²) in [5, 5.41) is 0. The lowest BCUT2D eigenvalue weighted by atomic mass is 9.70. The molecule has 0 aromatic heterocycles. The van der Waals surface area contributed by atoms with Gasteiger partial charge in [-0.1, -0.05) is 92.4 Å². The monoisotopic (exact) mass is 480 g/mol. The van der Waals surface area contributed by atoms with Gasteiger partial charge in [-0.05, 0) is 93.2 Å². The van der Waals surface area contributed by atoms with E-state index in [4.69, 9.17) is 9.31 Å².